The molecule has 1 aromatic heterocycles. The number of imide groups is 1. The van der Waals surface area contributed by atoms with Gasteiger partial charge in [0.15, 0.2) is 0 Å². The lowest BCUT2D eigenvalue weighted by Crippen LogP contribution is -2.57. The van der Waals surface area contributed by atoms with Gasteiger partial charge < -0.3 is 30.4 Å². The molecule has 4 saturated heterocycles. The molecule has 2 aromatic carbocycles. The van der Waals surface area contributed by atoms with Crippen molar-refractivity contribution in [3.05, 3.63) is 85.5 Å². The Morgan fingerprint density at radius 2 is 1.64 bits per heavy atom. The number of hydrogen-bond acceptors (Lipinski definition) is 11. The monoisotopic (exact) mass is 861 g/mol. The molecular formula is C41H49BrFN9O6. The molecule has 2 unspecified atom stereocenters. The Balaban J connectivity index is 0.806. The fourth-order valence-electron chi connectivity index (χ4n) is 9.28. The predicted molar refractivity (Wildman–Crippen MR) is 217 cm³/mol. The predicted octanol–water partition coefficient (Wildman–Crippen LogP) is 2.45. The zero-order valence-corrected chi connectivity index (χ0v) is 34.3. The molecule has 3 N–H and O–H groups in total. The van der Waals surface area contributed by atoms with E-state index in [2.05, 4.69) is 60.6 Å². The average molecular weight is 863 g/mol. The SMILES string of the molecule is CN1C[C@@H](Nc2cnn(C)c(=O)c2Br)C[C@@H](c2ccc(C(=O)N3CCC(CN4CCN(c5cc6c(cc5F)C(=O)N(C5CCC(=O)NC5O)C6=O)CC4)CC3)cc2)C1. The number of aliphatic hydroxyl groups excluding tert-OH is 1. The maximum Gasteiger partial charge on any atom is 0.282 e. The first-order valence-electron chi connectivity index (χ1n) is 20.1. The second kappa shape index (κ2) is 16.5. The minimum atomic E-state index is -1.37. The highest BCUT2D eigenvalue weighted by Gasteiger charge is 2.45. The van der Waals surface area contributed by atoms with Crippen molar-refractivity contribution in [2.45, 2.75) is 56.3 Å². The van der Waals surface area contributed by atoms with E-state index < -0.39 is 29.9 Å². The molecule has 308 valence electrons. The summed E-state index contributed by atoms with van der Waals surface area (Å²) in [5, 5.41) is 20.4. The van der Waals surface area contributed by atoms with Gasteiger partial charge in [0, 0.05) is 84.0 Å². The van der Waals surface area contributed by atoms with E-state index in [9.17, 15) is 29.1 Å². The van der Waals surface area contributed by atoms with Crippen LogP contribution in [-0.4, -0.2) is 142 Å². The van der Waals surface area contributed by atoms with Crippen LogP contribution in [0.2, 0.25) is 0 Å². The van der Waals surface area contributed by atoms with Crippen LogP contribution in [0, 0.1) is 11.7 Å². The number of fused-ring (bicyclic) bond motifs is 1. The van der Waals surface area contributed by atoms with Gasteiger partial charge in [0.05, 0.1) is 34.7 Å². The highest BCUT2D eigenvalue weighted by atomic mass is 79.9. The number of amides is 4. The van der Waals surface area contributed by atoms with Crippen LogP contribution in [0.1, 0.15) is 74.7 Å². The third kappa shape index (κ3) is 8.01. The fraction of sp³-hybridized carbons (Fsp3) is 0.512. The number of rotatable bonds is 8. The number of likely N-dealkylation sites (tertiary alicyclic amines) is 2. The summed E-state index contributed by atoms with van der Waals surface area (Å²) >= 11 is 3.42. The zero-order valence-electron chi connectivity index (χ0n) is 32.7. The normalized spacial score (nSPS) is 24.9. The molecule has 17 heteroatoms. The largest absolute Gasteiger partial charge is 0.379 e. The summed E-state index contributed by atoms with van der Waals surface area (Å²) in [6.45, 7) is 6.53. The van der Waals surface area contributed by atoms with Crippen molar-refractivity contribution in [2.24, 2.45) is 13.0 Å². The molecule has 8 rings (SSSR count). The lowest BCUT2D eigenvalue weighted by Gasteiger charge is -2.39. The summed E-state index contributed by atoms with van der Waals surface area (Å²) in [6.07, 6.45) is 3.19. The van der Waals surface area contributed by atoms with Crippen molar-refractivity contribution in [1.82, 2.24) is 34.7 Å². The molecule has 15 nitrogen and oxygen atoms in total. The van der Waals surface area contributed by atoms with Gasteiger partial charge >= 0.3 is 0 Å². The van der Waals surface area contributed by atoms with Crippen LogP contribution in [0.5, 0.6) is 0 Å². The first-order chi connectivity index (χ1) is 27.8. The van der Waals surface area contributed by atoms with Gasteiger partial charge in [-0.05, 0) is 90.3 Å². The fourth-order valence-corrected chi connectivity index (χ4v) is 9.76. The Labute approximate surface area is 344 Å². The van der Waals surface area contributed by atoms with E-state index in [-0.39, 0.29) is 59.0 Å². The number of carbonyl (C=O) groups is 4. The van der Waals surface area contributed by atoms with Crippen molar-refractivity contribution < 1.29 is 28.7 Å². The molecule has 0 radical (unpaired) electrons. The number of piperazine rings is 1. The van der Waals surface area contributed by atoms with Gasteiger partial charge in [-0.3, -0.25) is 33.8 Å². The maximum atomic E-state index is 15.5. The van der Waals surface area contributed by atoms with Crippen LogP contribution < -0.4 is 21.1 Å². The molecule has 0 bridgehead atoms. The summed E-state index contributed by atoms with van der Waals surface area (Å²) in [6, 6.07) is 9.81. The van der Waals surface area contributed by atoms with Crippen molar-refractivity contribution in [3.8, 4) is 0 Å². The van der Waals surface area contributed by atoms with Crippen molar-refractivity contribution in [2.75, 3.05) is 76.2 Å². The molecule has 0 aliphatic carbocycles. The van der Waals surface area contributed by atoms with Crippen molar-refractivity contribution in [1.29, 1.82) is 0 Å². The van der Waals surface area contributed by atoms with Crippen LogP contribution in [0.15, 0.2) is 51.9 Å². The van der Waals surface area contributed by atoms with Crippen molar-refractivity contribution in [3.63, 3.8) is 0 Å². The number of halogens is 2. The van der Waals surface area contributed by atoms with Gasteiger partial charge in [-0.25, -0.2) is 9.07 Å². The third-order valence-electron chi connectivity index (χ3n) is 12.5. The van der Waals surface area contributed by atoms with Gasteiger partial charge in [-0.2, -0.15) is 5.10 Å². The molecule has 4 fully saturated rings. The number of aromatic nitrogens is 2. The van der Waals surface area contributed by atoms with Crippen LogP contribution in [0.3, 0.4) is 0 Å². The summed E-state index contributed by atoms with van der Waals surface area (Å²) in [4.78, 5) is 73.5. The smallest absolute Gasteiger partial charge is 0.282 e. The van der Waals surface area contributed by atoms with E-state index in [4.69, 9.17) is 0 Å². The Morgan fingerprint density at radius 3 is 2.33 bits per heavy atom. The van der Waals surface area contributed by atoms with Gasteiger partial charge in [-0.1, -0.05) is 12.1 Å². The molecular weight excluding hydrogens is 813 g/mol. The third-order valence-corrected chi connectivity index (χ3v) is 13.3. The summed E-state index contributed by atoms with van der Waals surface area (Å²) < 4.78 is 17.2. The first kappa shape index (κ1) is 40.1. The Morgan fingerprint density at radius 1 is 0.948 bits per heavy atom. The number of piperidine rings is 3. The zero-order chi connectivity index (χ0) is 40.8. The highest BCUT2D eigenvalue weighted by Crippen LogP contribution is 2.34. The van der Waals surface area contributed by atoms with E-state index in [0.29, 0.717) is 60.9 Å². The Kier molecular flexibility index (Phi) is 11.4. The molecule has 5 aliphatic heterocycles. The average Bonchev–Trinajstić information content (AvgIpc) is 3.45. The summed E-state index contributed by atoms with van der Waals surface area (Å²) in [5.41, 5.74) is 2.70. The molecule has 4 amide bonds. The van der Waals surface area contributed by atoms with Gasteiger partial charge in [0.1, 0.15) is 16.5 Å². The maximum absolute atomic E-state index is 15.5. The molecule has 0 saturated carbocycles. The second-order valence-electron chi connectivity index (χ2n) is 16.4. The standard InChI is InChI=1S/C41H49BrFN9O6/c1-47-22-27(17-28(23-47)45-32-20-44-48(2)41(58)36(32)42)25-3-5-26(6-4-25)38(55)51-11-9-24(10-12-51)21-49-13-15-50(16-14-49)34-19-30-29(18-31(34)43)39(56)52(40(30)57)33-7-8-35(53)46-37(33)54/h3-6,18-20,24,27-28,33,37,45,54H,7-17,21-23H2,1-2H3,(H,46,53)/t27-,28+,33?,37?/m1/s1. The molecule has 5 aliphatic rings. The van der Waals surface area contributed by atoms with Crippen LogP contribution in [0.4, 0.5) is 15.8 Å². The van der Waals surface area contributed by atoms with E-state index in [1.54, 1.807) is 13.2 Å². The van der Waals surface area contributed by atoms with Gasteiger partial charge in [-0.15, -0.1) is 0 Å². The highest BCUT2D eigenvalue weighted by molar-refractivity contribution is 9.10. The molecule has 6 heterocycles. The van der Waals surface area contributed by atoms with E-state index in [0.717, 1.165) is 49.9 Å². The quantitative estimate of drug-likeness (QED) is 0.286. The number of anilines is 2. The van der Waals surface area contributed by atoms with E-state index >= 15 is 4.39 Å². The van der Waals surface area contributed by atoms with Crippen molar-refractivity contribution >= 4 is 50.9 Å². The Bertz CT molecular complexity index is 2150. The Hall–Kier alpha value is -4.71. The van der Waals surface area contributed by atoms with Crippen LogP contribution in [-0.2, 0) is 11.8 Å². The number of hydrogen-bond donors (Lipinski definition) is 3. The second-order valence-corrected chi connectivity index (χ2v) is 17.2. The van der Waals surface area contributed by atoms with Crippen LogP contribution in [0.25, 0.3) is 0 Å². The minimum absolute atomic E-state index is 0.0301. The van der Waals surface area contributed by atoms with Crippen LogP contribution >= 0.6 is 15.9 Å². The first-order valence-corrected chi connectivity index (χ1v) is 20.9. The van der Waals surface area contributed by atoms with Gasteiger partial charge in [0.2, 0.25) is 5.91 Å². The lowest BCUT2D eigenvalue weighted by molar-refractivity contribution is -0.129. The van der Waals surface area contributed by atoms with E-state index in [1.807, 2.05) is 21.9 Å². The number of nitrogens with zero attached hydrogens (tertiary/aromatic N) is 7. The number of aliphatic hydroxyl groups is 1. The lowest BCUT2D eigenvalue weighted by atomic mass is 9.87. The summed E-state index contributed by atoms with van der Waals surface area (Å²) in [5.74, 6) is -1.45. The number of aryl methyl sites for hydroxylation is 1. The van der Waals surface area contributed by atoms with Gasteiger partial charge in [0.25, 0.3) is 23.3 Å². The van der Waals surface area contributed by atoms with E-state index in [1.165, 1.54) is 16.3 Å². The number of nitrogens with one attached hydrogen (secondary N) is 2. The number of benzene rings is 2. The number of carbonyl (C=O) groups excluding carboxylic acids is 4. The minimum Gasteiger partial charge on any atom is -0.379 e. The molecule has 58 heavy (non-hydrogen) atoms. The molecule has 3 aromatic rings. The molecule has 0 spiro atoms. The topological polar surface area (TPSA) is 164 Å². The summed E-state index contributed by atoms with van der Waals surface area (Å²) in [7, 11) is 3.71. The molecule has 4 atom stereocenters. The number of likely N-dealkylation sites (N-methyl/N-ethyl adjacent to an activating group) is 1.